The molecule has 4 unspecified atom stereocenters. The zero-order valence-electron chi connectivity index (χ0n) is 32.2. The van der Waals surface area contributed by atoms with Gasteiger partial charge in [-0.15, -0.1) is 11.6 Å². The first-order valence-corrected chi connectivity index (χ1v) is 20.8. The number of ether oxygens (including phenoxy) is 2. The van der Waals surface area contributed by atoms with E-state index in [0.717, 1.165) is 29.4 Å². The third kappa shape index (κ3) is 4.57. The molecule has 3 fully saturated rings. The molecule has 1 saturated carbocycles. The number of alkyl halides is 1. The molecule has 2 aromatic carbocycles. The largest absolute Gasteiger partial charge is 0.506 e. The Morgan fingerprint density at radius 3 is 2.46 bits per heavy atom. The Bertz CT molecular complexity index is 2200. The number of methoxy groups -OCH3 is 2. The zero-order chi connectivity index (χ0) is 39.9. The van der Waals surface area contributed by atoms with Gasteiger partial charge in [-0.05, 0) is 60.9 Å². The van der Waals surface area contributed by atoms with E-state index >= 15 is 4.79 Å². The summed E-state index contributed by atoms with van der Waals surface area (Å²) in [5, 5.41) is 39.2. The van der Waals surface area contributed by atoms with Crippen LogP contribution in [0, 0.1) is 17.3 Å². The van der Waals surface area contributed by atoms with Crippen LogP contribution < -0.4 is 4.90 Å². The van der Waals surface area contributed by atoms with Crippen LogP contribution in [-0.4, -0.2) is 119 Å². The van der Waals surface area contributed by atoms with Crippen LogP contribution in [0.25, 0.3) is 10.9 Å². The standard InChI is InChI=1S/C42H49Cl3N4O7/c1-6-21-17-48-18-22(29(21)44)15-41(37(52)55-4,33-25(20-48)24-10-8-9-11-28(24)46-33)27-14-26-31(30(45)32(27)50)47(3)35-40(26)12-13-49-19-23(43)16-39(7-2,34(40)49)36(51)42(35,54)38(53)56-5/h8-11,14,16,21-22,29,34-36,46,50-51,54H,6-7,12-13,15,17-20H2,1-5H3/t21?,22?,29?,34-,35-,36-,39-,40-,41+,42+/m1/s1. The van der Waals surface area contributed by atoms with Gasteiger partial charge in [0.1, 0.15) is 22.3 Å². The number of carbonyl (C=O) groups excluding carboxylic acids is 2. The maximum Gasteiger partial charge on any atom is 0.342 e. The number of para-hydroxylation sites is 1. The molecule has 0 radical (unpaired) electrons. The maximum atomic E-state index is 15.1. The van der Waals surface area contributed by atoms with E-state index in [1.807, 2.05) is 43.3 Å². The zero-order valence-corrected chi connectivity index (χ0v) is 34.5. The smallest absolute Gasteiger partial charge is 0.342 e. The number of H-pyrrole nitrogens is 1. The van der Waals surface area contributed by atoms with E-state index < -0.39 is 52.0 Å². The van der Waals surface area contributed by atoms with E-state index in [2.05, 4.69) is 21.7 Å². The number of aliphatic hydroxyl groups excluding tert-OH is 1. The van der Waals surface area contributed by atoms with Gasteiger partial charge in [-0.2, -0.15) is 0 Å². The number of nitrogens with zero attached hydrogens (tertiary/aromatic N) is 3. The number of rotatable bonds is 5. The number of piperidine rings is 1. The minimum absolute atomic E-state index is 0.0301. The summed E-state index contributed by atoms with van der Waals surface area (Å²) in [6.45, 7) is 7.03. The highest BCUT2D eigenvalue weighted by Crippen LogP contribution is 2.69. The first kappa shape index (κ1) is 38.5. The number of nitrogens with one attached hydrogen (secondary N) is 1. The molecule has 11 atom stereocenters. The predicted molar refractivity (Wildman–Crippen MR) is 214 cm³/mol. The lowest BCUT2D eigenvalue weighted by atomic mass is 9.47. The lowest BCUT2D eigenvalue weighted by Crippen LogP contribution is -2.81. The molecular formula is C42H49Cl3N4O7. The number of hydrogen-bond acceptors (Lipinski definition) is 10. The summed E-state index contributed by atoms with van der Waals surface area (Å²) < 4.78 is 11.1. The SMILES string of the molecule is CCC1CN2Cc3c([nH]c4ccccc34)[C@@](C(=O)OC)(c3cc4c(c(Cl)c3O)N(C)[C@H]3[C@@](O)(C(=O)OC)[C@H](O)[C@]5(CC)C=C(Cl)CN6CC[C@]43[C@H]65)CC(C2)C1Cl. The van der Waals surface area contributed by atoms with Crippen LogP contribution in [0.5, 0.6) is 5.75 Å². The fourth-order valence-corrected chi connectivity index (χ4v) is 14.0. The van der Waals surface area contributed by atoms with Crippen molar-refractivity contribution < 1.29 is 34.4 Å². The van der Waals surface area contributed by atoms with E-state index in [1.165, 1.54) is 14.2 Å². The van der Waals surface area contributed by atoms with Crippen molar-refractivity contribution in [2.75, 3.05) is 52.3 Å². The molecule has 14 heteroatoms. The van der Waals surface area contributed by atoms with Crippen molar-refractivity contribution in [2.24, 2.45) is 17.3 Å². The number of aromatic nitrogens is 1. The van der Waals surface area contributed by atoms with E-state index in [4.69, 9.17) is 44.3 Å². The topological polar surface area (TPSA) is 139 Å². The second kappa shape index (κ2) is 13.0. The third-order valence-corrected chi connectivity index (χ3v) is 16.3. The summed E-state index contributed by atoms with van der Waals surface area (Å²) in [7, 11) is 4.28. The number of hydrogen-bond donors (Lipinski definition) is 4. The summed E-state index contributed by atoms with van der Waals surface area (Å²) >= 11 is 21.7. The molecule has 56 heavy (non-hydrogen) atoms. The average Bonchev–Trinajstić information content (AvgIpc) is 3.83. The monoisotopic (exact) mass is 826 g/mol. The van der Waals surface area contributed by atoms with Gasteiger partial charge in [0.15, 0.2) is 0 Å². The van der Waals surface area contributed by atoms with Crippen molar-refractivity contribution in [1.82, 2.24) is 14.8 Å². The number of aliphatic hydroxyl groups is 2. The van der Waals surface area contributed by atoms with Gasteiger partial charge in [-0.3, -0.25) is 14.6 Å². The fourth-order valence-electron chi connectivity index (χ4n) is 12.9. The molecule has 1 aliphatic carbocycles. The summed E-state index contributed by atoms with van der Waals surface area (Å²) in [6, 6.07) is 8.31. The van der Waals surface area contributed by atoms with Crippen molar-refractivity contribution in [3.8, 4) is 5.75 Å². The molecule has 1 spiro atoms. The molecular weight excluding hydrogens is 779 g/mol. The summed E-state index contributed by atoms with van der Waals surface area (Å²) in [4.78, 5) is 39.2. The van der Waals surface area contributed by atoms with Crippen LogP contribution in [0.2, 0.25) is 5.02 Å². The van der Waals surface area contributed by atoms with Gasteiger partial charge < -0.3 is 34.7 Å². The first-order valence-electron chi connectivity index (χ1n) is 19.6. The van der Waals surface area contributed by atoms with E-state index in [9.17, 15) is 20.1 Å². The minimum atomic E-state index is -2.45. The van der Waals surface area contributed by atoms with Gasteiger partial charge in [-0.25, -0.2) is 4.79 Å². The van der Waals surface area contributed by atoms with Crippen LogP contribution in [-0.2, 0) is 36.4 Å². The number of anilines is 1. The second-order valence-electron chi connectivity index (χ2n) is 17.1. The number of carbonyl (C=O) groups is 2. The Morgan fingerprint density at radius 2 is 1.77 bits per heavy atom. The van der Waals surface area contributed by atoms with Crippen LogP contribution >= 0.6 is 34.8 Å². The lowest BCUT2D eigenvalue weighted by molar-refractivity contribution is -0.218. The number of fused-ring (bicyclic) bond motifs is 6. The molecule has 6 aliphatic rings. The first-order chi connectivity index (χ1) is 26.7. The summed E-state index contributed by atoms with van der Waals surface area (Å²) in [5.41, 5.74) is -2.58. The number of halogens is 3. The molecule has 11 nitrogen and oxygen atoms in total. The molecule has 5 aliphatic heterocycles. The highest BCUT2D eigenvalue weighted by molar-refractivity contribution is 6.35. The van der Waals surface area contributed by atoms with Gasteiger partial charge in [0.05, 0.1) is 25.9 Å². The number of likely N-dealkylation sites (N-methyl/N-ethyl adjacent to an activating group) is 1. The van der Waals surface area contributed by atoms with Gasteiger partial charge in [0, 0.05) is 82.7 Å². The summed E-state index contributed by atoms with van der Waals surface area (Å²) in [5.74, 6) is -1.86. The van der Waals surface area contributed by atoms with Gasteiger partial charge in [0.2, 0.25) is 5.60 Å². The van der Waals surface area contributed by atoms with Crippen LogP contribution in [0.15, 0.2) is 41.4 Å². The Kier molecular flexibility index (Phi) is 8.92. The number of aromatic hydroxyl groups is 1. The molecule has 1 aromatic heterocycles. The minimum Gasteiger partial charge on any atom is -0.506 e. The molecule has 2 saturated heterocycles. The quantitative estimate of drug-likeness (QED) is 0.196. The molecule has 9 rings (SSSR count). The van der Waals surface area contributed by atoms with E-state index in [-0.39, 0.29) is 40.0 Å². The van der Waals surface area contributed by atoms with Crippen molar-refractivity contribution in [1.29, 1.82) is 0 Å². The van der Waals surface area contributed by atoms with Gasteiger partial charge in [-0.1, -0.05) is 67.7 Å². The van der Waals surface area contributed by atoms with Crippen molar-refractivity contribution in [2.45, 2.75) is 86.1 Å². The average molecular weight is 828 g/mol. The van der Waals surface area contributed by atoms with E-state index in [1.54, 1.807) is 11.9 Å². The van der Waals surface area contributed by atoms with Gasteiger partial charge >= 0.3 is 11.9 Å². The van der Waals surface area contributed by atoms with Gasteiger partial charge in [0.25, 0.3) is 0 Å². The number of esters is 2. The maximum absolute atomic E-state index is 15.1. The number of benzene rings is 2. The highest BCUT2D eigenvalue weighted by Gasteiger charge is 2.79. The molecule has 0 amide bonds. The predicted octanol–water partition coefficient (Wildman–Crippen LogP) is 5.40. The Morgan fingerprint density at radius 1 is 1.04 bits per heavy atom. The number of aromatic amines is 1. The molecule has 3 aromatic rings. The van der Waals surface area contributed by atoms with Crippen LogP contribution in [0.3, 0.4) is 0 Å². The van der Waals surface area contributed by atoms with Crippen molar-refractivity contribution in [3.63, 3.8) is 0 Å². The molecule has 300 valence electrons. The molecule has 2 bridgehead atoms. The van der Waals surface area contributed by atoms with Crippen LogP contribution in [0.1, 0.15) is 61.9 Å². The highest BCUT2D eigenvalue weighted by atomic mass is 35.5. The Balaban J connectivity index is 1.38. The molecule has 4 N–H and O–H groups in total. The molecule has 6 heterocycles. The second-order valence-corrected chi connectivity index (χ2v) is 18.5. The van der Waals surface area contributed by atoms with E-state index in [0.29, 0.717) is 61.0 Å². The summed E-state index contributed by atoms with van der Waals surface area (Å²) in [6.07, 6.45) is 2.08. The number of phenols is 1. The van der Waals surface area contributed by atoms with Crippen molar-refractivity contribution >= 4 is 63.3 Å². The van der Waals surface area contributed by atoms with Crippen LogP contribution in [0.4, 0.5) is 5.69 Å². The number of phenolic OH excluding ortho intramolecular Hbond substituents is 1. The third-order valence-electron chi connectivity index (χ3n) is 15.0. The Hall–Kier alpha value is -3.03. The van der Waals surface area contributed by atoms with Crippen molar-refractivity contribution in [3.05, 3.63) is 68.8 Å². The lowest BCUT2D eigenvalue weighted by Gasteiger charge is -2.63. The fraction of sp³-hybridized carbons (Fsp3) is 0.571. The Labute approximate surface area is 341 Å². The normalized spacial score (nSPS) is 38.5.